The van der Waals surface area contributed by atoms with Crippen LogP contribution in [0, 0.1) is 17.8 Å². The van der Waals surface area contributed by atoms with Gasteiger partial charge in [-0.1, -0.05) is 0 Å². The van der Waals surface area contributed by atoms with Crippen LogP contribution in [0.5, 0.6) is 0 Å². The molecule has 0 radical (unpaired) electrons. The smallest absolute Gasteiger partial charge is 0.237 e. The maximum atomic E-state index is 12.8. The summed E-state index contributed by atoms with van der Waals surface area (Å²) in [5.41, 5.74) is 5.84. The minimum atomic E-state index is 0. The van der Waals surface area contributed by atoms with Crippen molar-refractivity contribution >= 4 is 18.3 Å². The van der Waals surface area contributed by atoms with E-state index in [9.17, 15) is 4.79 Å². The Bertz CT molecular complexity index is 393. The van der Waals surface area contributed by atoms with E-state index < -0.39 is 0 Å². The fourth-order valence-corrected chi connectivity index (χ4v) is 6.16. The summed E-state index contributed by atoms with van der Waals surface area (Å²) < 4.78 is 0. The van der Waals surface area contributed by atoms with Crippen molar-refractivity contribution in [2.45, 2.75) is 62.9 Å². The van der Waals surface area contributed by atoms with Gasteiger partial charge in [0.05, 0.1) is 6.04 Å². The first-order valence-corrected chi connectivity index (χ1v) is 8.93. The van der Waals surface area contributed by atoms with Gasteiger partial charge in [-0.2, -0.15) is 0 Å². The maximum Gasteiger partial charge on any atom is 0.237 e. The Labute approximate surface area is 140 Å². The van der Waals surface area contributed by atoms with Crippen molar-refractivity contribution in [2.24, 2.45) is 23.5 Å². The van der Waals surface area contributed by atoms with E-state index >= 15 is 0 Å². The molecule has 22 heavy (non-hydrogen) atoms. The normalized spacial score (nSPS) is 43.1. The summed E-state index contributed by atoms with van der Waals surface area (Å²) in [5.74, 6) is 2.96. The second-order valence-corrected chi connectivity index (χ2v) is 8.17. The Balaban J connectivity index is 0.00000144. The van der Waals surface area contributed by atoms with Gasteiger partial charge in [0.2, 0.25) is 5.91 Å². The molecule has 4 aliphatic carbocycles. The van der Waals surface area contributed by atoms with Gasteiger partial charge < -0.3 is 11.1 Å². The highest BCUT2D eigenvalue weighted by molar-refractivity contribution is 5.85. The molecule has 0 aromatic carbocycles. The number of carbonyl (C=O) groups excluding carboxylic acids is 1. The van der Waals surface area contributed by atoms with E-state index in [1.807, 2.05) is 0 Å². The maximum absolute atomic E-state index is 12.8. The first kappa shape index (κ1) is 16.5. The fourth-order valence-electron chi connectivity index (χ4n) is 6.16. The van der Waals surface area contributed by atoms with Crippen molar-refractivity contribution in [1.29, 1.82) is 0 Å². The predicted octanol–water partition coefficient (Wildman–Crippen LogP) is 1.92. The molecular weight excluding hydrogens is 298 g/mol. The first-order chi connectivity index (χ1) is 10.2. The topological polar surface area (TPSA) is 58.4 Å². The van der Waals surface area contributed by atoms with Gasteiger partial charge in [0.1, 0.15) is 0 Å². The Morgan fingerprint density at radius 3 is 2.27 bits per heavy atom. The third-order valence-corrected chi connectivity index (χ3v) is 6.51. The van der Waals surface area contributed by atoms with Crippen LogP contribution in [-0.4, -0.2) is 42.0 Å². The molecule has 1 atom stereocenters. The number of nitrogens with one attached hydrogen (secondary N) is 1. The van der Waals surface area contributed by atoms with Crippen molar-refractivity contribution in [3.05, 3.63) is 0 Å². The molecule has 0 spiro atoms. The second kappa shape index (κ2) is 6.29. The van der Waals surface area contributed by atoms with Crippen molar-refractivity contribution in [2.75, 3.05) is 19.6 Å². The summed E-state index contributed by atoms with van der Waals surface area (Å²) in [7, 11) is 0. The van der Waals surface area contributed by atoms with Gasteiger partial charge in [0.15, 0.2) is 0 Å². The number of nitrogens with zero attached hydrogens (tertiary/aromatic N) is 1. The van der Waals surface area contributed by atoms with Crippen LogP contribution in [0.15, 0.2) is 0 Å². The third-order valence-electron chi connectivity index (χ3n) is 6.51. The number of nitrogens with two attached hydrogens (primary N) is 1. The predicted molar refractivity (Wildman–Crippen MR) is 89.9 cm³/mol. The van der Waals surface area contributed by atoms with Crippen LogP contribution >= 0.6 is 12.4 Å². The zero-order valence-electron chi connectivity index (χ0n) is 13.4. The lowest BCUT2D eigenvalue weighted by Gasteiger charge is -2.57. The van der Waals surface area contributed by atoms with Crippen LogP contribution in [0.2, 0.25) is 0 Å². The molecule has 4 bridgehead atoms. The van der Waals surface area contributed by atoms with E-state index in [2.05, 4.69) is 10.2 Å². The van der Waals surface area contributed by atoms with E-state index in [0.717, 1.165) is 43.7 Å². The van der Waals surface area contributed by atoms with Gasteiger partial charge in [-0.3, -0.25) is 9.69 Å². The van der Waals surface area contributed by atoms with Crippen LogP contribution in [-0.2, 0) is 4.79 Å². The molecule has 5 fully saturated rings. The molecule has 5 rings (SSSR count). The Kier molecular flexibility index (Phi) is 4.73. The SMILES string of the molecule is Cl.NCCN1CCCC1C(=O)NC12CC3CC(CC(C3)C1)C2. The summed E-state index contributed by atoms with van der Waals surface area (Å²) in [6.07, 6.45) is 10.2. The Morgan fingerprint density at radius 2 is 1.73 bits per heavy atom. The zero-order chi connectivity index (χ0) is 14.4. The molecule has 126 valence electrons. The fraction of sp³-hybridized carbons (Fsp3) is 0.941. The molecule has 5 aliphatic rings. The number of carbonyl (C=O) groups is 1. The average Bonchev–Trinajstić information content (AvgIpc) is 2.85. The van der Waals surface area contributed by atoms with Gasteiger partial charge in [-0.25, -0.2) is 0 Å². The van der Waals surface area contributed by atoms with Gasteiger partial charge in [0, 0.05) is 18.6 Å². The molecule has 1 unspecified atom stereocenters. The van der Waals surface area contributed by atoms with Gasteiger partial charge in [-0.15, -0.1) is 12.4 Å². The number of hydrogen-bond donors (Lipinski definition) is 2. The number of rotatable bonds is 4. The lowest BCUT2D eigenvalue weighted by molar-refractivity contribution is -0.131. The molecule has 1 saturated heterocycles. The van der Waals surface area contributed by atoms with Crippen molar-refractivity contribution in [3.63, 3.8) is 0 Å². The lowest BCUT2D eigenvalue weighted by Crippen LogP contribution is -2.62. The minimum absolute atomic E-state index is 0. The zero-order valence-corrected chi connectivity index (χ0v) is 14.2. The summed E-state index contributed by atoms with van der Waals surface area (Å²) in [4.78, 5) is 15.1. The summed E-state index contributed by atoms with van der Waals surface area (Å²) in [6.45, 7) is 2.55. The molecular formula is C17H30ClN3O. The molecule has 0 aromatic heterocycles. The molecule has 5 heteroatoms. The monoisotopic (exact) mass is 327 g/mol. The van der Waals surface area contributed by atoms with Gasteiger partial charge >= 0.3 is 0 Å². The number of likely N-dealkylation sites (tertiary alicyclic amines) is 1. The highest BCUT2D eigenvalue weighted by Gasteiger charge is 2.52. The van der Waals surface area contributed by atoms with Crippen LogP contribution in [0.25, 0.3) is 0 Å². The lowest BCUT2D eigenvalue weighted by atomic mass is 9.53. The molecule has 1 amide bonds. The van der Waals surface area contributed by atoms with Crippen LogP contribution < -0.4 is 11.1 Å². The van der Waals surface area contributed by atoms with Crippen molar-refractivity contribution in [3.8, 4) is 0 Å². The third kappa shape index (κ3) is 2.90. The molecule has 0 aromatic rings. The Morgan fingerprint density at radius 1 is 1.14 bits per heavy atom. The number of amides is 1. The van der Waals surface area contributed by atoms with Crippen molar-refractivity contribution in [1.82, 2.24) is 10.2 Å². The summed E-state index contributed by atoms with van der Waals surface area (Å²) in [6, 6.07) is 0.0848. The standard InChI is InChI=1S/C17H29N3O.ClH/c18-3-5-20-4-1-2-15(20)16(21)19-17-9-12-6-13(10-17)8-14(7-12)11-17;/h12-15H,1-11,18H2,(H,19,21);1H. The second-order valence-electron chi connectivity index (χ2n) is 8.17. The van der Waals surface area contributed by atoms with Gasteiger partial charge in [-0.05, 0) is 75.7 Å². The Hall–Kier alpha value is -0.320. The van der Waals surface area contributed by atoms with Crippen LogP contribution in [0.3, 0.4) is 0 Å². The summed E-state index contributed by atoms with van der Waals surface area (Å²) in [5, 5.41) is 3.53. The van der Waals surface area contributed by atoms with E-state index in [4.69, 9.17) is 5.73 Å². The van der Waals surface area contributed by atoms with Crippen LogP contribution in [0.1, 0.15) is 51.4 Å². The molecule has 3 N–H and O–H groups in total. The first-order valence-electron chi connectivity index (χ1n) is 8.93. The number of hydrogen-bond acceptors (Lipinski definition) is 3. The van der Waals surface area contributed by atoms with Crippen molar-refractivity contribution < 1.29 is 4.79 Å². The molecule has 1 heterocycles. The minimum Gasteiger partial charge on any atom is -0.349 e. The molecule has 1 aliphatic heterocycles. The van der Waals surface area contributed by atoms with Gasteiger partial charge in [0.25, 0.3) is 0 Å². The van der Waals surface area contributed by atoms with E-state index in [1.54, 1.807) is 0 Å². The highest BCUT2D eigenvalue weighted by Crippen LogP contribution is 2.55. The highest BCUT2D eigenvalue weighted by atomic mass is 35.5. The largest absolute Gasteiger partial charge is 0.349 e. The number of halogens is 1. The summed E-state index contributed by atoms with van der Waals surface area (Å²) >= 11 is 0. The molecule has 4 saturated carbocycles. The van der Waals surface area contributed by atoms with E-state index in [-0.39, 0.29) is 24.0 Å². The van der Waals surface area contributed by atoms with E-state index in [1.165, 1.54) is 38.5 Å². The average molecular weight is 328 g/mol. The van der Waals surface area contributed by atoms with Crippen LogP contribution in [0.4, 0.5) is 0 Å². The molecule has 4 nitrogen and oxygen atoms in total. The van der Waals surface area contributed by atoms with E-state index in [0.29, 0.717) is 12.5 Å². The quantitative estimate of drug-likeness (QED) is 0.829.